The number of fused-ring (bicyclic) bond motifs is 1. The Morgan fingerprint density at radius 1 is 1.06 bits per heavy atom. The zero-order valence-electron chi connectivity index (χ0n) is 17.1. The third kappa shape index (κ3) is 4.80. The van der Waals surface area contributed by atoms with Crippen molar-refractivity contribution in [2.45, 2.75) is 12.8 Å². The van der Waals surface area contributed by atoms with E-state index in [1.54, 1.807) is 36.4 Å². The summed E-state index contributed by atoms with van der Waals surface area (Å²) in [5.74, 6) is -0.728. The number of nitrogens with zero attached hydrogens (tertiary/aromatic N) is 1. The maximum Gasteiger partial charge on any atom is 0.240 e. The van der Waals surface area contributed by atoms with E-state index in [1.165, 1.54) is 6.07 Å². The van der Waals surface area contributed by atoms with Crippen LogP contribution in [0.3, 0.4) is 0 Å². The number of piperidine rings is 1. The third-order valence-corrected chi connectivity index (χ3v) is 6.08. The Morgan fingerprint density at radius 2 is 1.72 bits per heavy atom. The maximum absolute atomic E-state index is 13.3. The lowest BCUT2D eigenvalue weighted by atomic mass is 9.96. The van der Waals surface area contributed by atoms with Crippen LogP contribution in [0.4, 0.5) is 5.88 Å². The second kappa shape index (κ2) is 9.32. The molecule has 0 unspecified atom stereocenters. The molecule has 3 N–H and O–H groups in total. The van der Waals surface area contributed by atoms with Crippen LogP contribution in [0.5, 0.6) is 0 Å². The fraction of sp³-hybridized carbons (Fsp3) is 0.261. The second-order valence-electron chi connectivity index (χ2n) is 7.78. The molecular weight excluding hydrogens is 453 g/mol. The Hall–Kier alpha value is -2.87. The first-order valence-electron chi connectivity index (χ1n) is 10.2. The van der Waals surface area contributed by atoms with Crippen molar-refractivity contribution in [3.8, 4) is 11.1 Å². The van der Waals surface area contributed by atoms with E-state index in [-0.39, 0.29) is 41.2 Å². The Kier molecular flexibility index (Phi) is 6.50. The first-order valence-corrected chi connectivity index (χ1v) is 10.9. The molecule has 0 atom stereocenters. The van der Waals surface area contributed by atoms with Gasteiger partial charge >= 0.3 is 0 Å². The maximum atomic E-state index is 13.3. The molecule has 9 heteroatoms. The summed E-state index contributed by atoms with van der Waals surface area (Å²) >= 11 is 12.1. The van der Waals surface area contributed by atoms with Crippen LogP contribution in [0, 0.1) is 5.92 Å². The lowest BCUT2D eigenvalue weighted by Crippen LogP contribution is -2.42. The highest BCUT2D eigenvalue weighted by Crippen LogP contribution is 2.30. The van der Waals surface area contributed by atoms with E-state index in [9.17, 15) is 14.4 Å². The number of carbonyl (C=O) groups is 2. The minimum absolute atomic E-state index is 0.0594. The summed E-state index contributed by atoms with van der Waals surface area (Å²) in [5, 5.41) is 3.99. The van der Waals surface area contributed by atoms with Crippen molar-refractivity contribution in [2.75, 3.05) is 25.0 Å². The van der Waals surface area contributed by atoms with Gasteiger partial charge in [0.05, 0.1) is 17.5 Å². The number of amides is 2. The number of likely N-dealkylation sites (tertiary alicyclic amines) is 1. The summed E-state index contributed by atoms with van der Waals surface area (Å²) in [6.45, 7) is 1.28. The monoisotopic (exact) mass is 473 g/mol. The van der Waals surface area contributed by atoms with E-state index in [0.717, 1.165) is 0 Å². The van der Waals surface area contributed by atoms with Gasteiger partial charge < -0.3 is 10.2 Å². The molecule has 0 bridgehead atoms. The molecule has 0 aliphatic carbocycles. The summed E-state index contributed by atoms with van der Waals surface area (Å²) in [4.78, 5) is 39.4. The van der Waals surface area contributed by atoms with Crippen LogP contribution in [-0.4, -0.2) is 36.3 Å². The van der Waals surface area contributed by atoms with Crippen molar-refractivity contribution in [3.63, 3.8) is 0 Å². The minimum Gasteiger partial charge on any atom is -0.439 e. The minimum atomic E-state index is -0.325. The number of nitrogens with two attached hydrogens (primary N) is 1. The van der Waals surface area contributed by atoms with Crippen LogP contribution in [0.1, 0.15) is 12.8 Å². The summed E-state index contributed by atoms with van der Waals surface area (Å²) < 4.78 is 5.92. The Bertz CT molecular complexity index is 1230. The number of hydrogen-bond acceptors (Lipinski definition) is 5. The first-order chi connectivity index (χ1) is 15.3. The van der Waals surface area contributed by atoms with Gasteiger partial charge in [0.2, 0.25) is 23.1 Å². The van der Waals surface area contributed by atoms with Gasteiger partial charge in [-0.25, -0.2) is 0 Å². The van der Waals surface area contributed by atoms with Crippen LogP contribution in [0.2, 0.25) is 10.0 Å². The summed E-state index contributed by atoms with van der Waals surface area (Å²) in [7, 11) is 0. The van der Waals surface area contributed by atoms with Gasteiger partial charge in [0.15, 0.2) is 0 Å². The molecule has 4 rings (SSSR count). The number of nitrogens with one attached hydrogen (secondary N) is 1. The molecule has 0 spiro atoms. The molecular formula is C23H21Cl2N3O4. The molecule has 1 fully saturated rings. The van der Waals surface area contributed by atoms with Crippen LogP contribution in [0.25, 0.3) is 22.1 Å². The van der Waals surface area contributed by atoms with Gasteiger partial charge in [-0.15, -0.1) is 0 Å². The summed E-state index contributed by atoms with van der Waals surface area (Å²) in [6.07, 6.45) is 1.23. The van der Waals surface area contributed by atoms with Gasteiger partial charge in [-0.05, 0) is 61.8 Å². The van der Waals surface area contributed by atoms with Crippen LogP contribution in [-0.2, 0) is 9.59 Å². The van der Waals surface area contributed by atoms with Crippen molar-refractivity contribution in [2.24, 2.45) is 11.7 Å². The molecule has 7 nitrogen and oxygen atoms in total. The second-order valence-corrected chi connectivity index (χ2v) is 8.66. The van der Waals surface area contributed by atoms with E-state index >= 15 is 0 Å². The average molecular weight is 474 g/mol. The van der Waals surface area contributed by atoms with E-state index in [0.29, 0.717) is 52.5 Å². The smallest absolute Gasteiger partial charge is 0.240 e. The van der Waals surface area contributed by atoms with Gasteiger partial charge in [-0.3, -0.25) is 24.6 Å². The molecule has 1 aliphatic rings. The lowest BCUT2D eigenvalue weighted by Gasteiger charge is -2.29. The van der Waals surface area contributed by atoms with Gasteiger partial charge in [0, 0.05) is 16.0 Å². The highest BCUT2D eigenvalue weighted by Gasteiger charge is 2.25. The van der Waals surface area contributed by atoms with Crippen molar-refractivity contribution in [3.05, 3.63) is 62.7 Å². The molecule has 1 saturated heterocycles. The standard InChI is InChI=1S/C23H21Cl2N3O4/c24-15-3-1-13(2-4-15)20-21(30)17-11-16(25)5-6-18(17)32-23(20)27-19(29)12-28-9-7-14(8-10-28)22(26)31/h1-6,11,14H,7-10,12H2,(H2,26,31)(H,27,29). The van der Waals surface area contributed by atoms with Crippen molar-refractivity contribution in [1.82, 2.24) is 4.90 Å². The van der Waals surface area contributed by atoms with Gasteiger partial charge in [-0.2, -0.15) is 0 Å². The van der Waals surface area contributed by atoms with Crippen LogP contribution < -0.4 is 16.5 Å². The highest BCUT2D eigenvalue weighted by atomic mass is 35.5. The highest BCUT2D eigenvalue weighted by molar-refractivity contribution is 6.31. The van der Waals surface area contributed by atoms with Crippen LogP contribution >= 0.6 is 23.2 Å². The zero-order chi connectivity index (χ0) is 22.8. The Morgan fingerprint density at radius 3 is 2.38 bits per heavy atom. The van der Waals surface area contributed by atoms with Gasteiger partial charge in [0.25, 0.3) is 0 Å². The summed E-state index contributed by atoms with van der Waals surface area (Å²) in [5.41, 5.74) is 6.15. The molecule has 3 aromatic rings. The average Bonchev–Trinajstić information content (AvgIpc) is 2.76. The molecule has 0 saturated carbocycles. The Labute approximate surface area is 194 Å². The topological polar surface area (TPSA) is 106 Å². The Balaban J connectivity index is 1.64. The largest absolute Gasteiger partial charge is 0.439 e. The van der Waals surface area contributed by atoms with Crippen molar-refractivity contribution in [1.29, 1.82) is 0 Å². The van der Waals surface area contributed by atoms with E-state index < -0.39 is 0 Å². The number of rotatable bonds is 5. The number of benzene rings is 2. The molecule has 2 heterocycles. The fourth-order valence-corrected chi connectivity index (χ4v) is 4.18. The summed E-state index contributed by atoms with van der Waals surface area (Å²) in [6, 6.07) is 11.4. The van der Waals surface area contributed by atoms with Crippen molar-refractivity contribution < 1.29 is 14.0 Å². The quantitative estimate of drug-likeness (QED) is 0.584. The number of primary amides is 1. The van der Waals surface area contributed by atoms with Gasteiger partial charge in [0.1, 0.15) is 5.58 Å². The normalized spacial score (nSPS) is 15.1. The first kappa shape index (κ1) is 22.3. The van der Waals surface area contributed by atoms with E-state index in [1.807, 2.05) is 4.90 Å². The zero-order valence-corrected chi connectivity index (χ0v) is 18.6. The van der Waals surface area contributed by atoms with Crippen LogP contribution in [0.15, 0.2) is 51.7 Å². The van der Waals surface area contributed by atoms with E-state index in [4.69, 9.17) is 33.4 Å². The number of halogens is 2. The number of carbonyl (C=O) groups excluding carboxylic acids is 2. The molecule has 2 aromatic carbocycles. The molecule has 166 valence electrons. The number of anilines is 1. The predicted octanol–water partition coefficient (Wildman–Crippen LogP) is 3.90. The fourth-order valence-electron chi connectivity index (χ4n) is 3.88. The van der Waals surface area contributed by atoms with Crippen molar-refractivity contribution >= 4 is 51.9 Å². The molecule has 32 heavy (non-hydrogen) atoms. The number of hydrogen-bond donors (Lipinski definition) is 2. The predicted molar refractivity (Wildman–Crippen MR) is 125 cm³/mol. The molecule has 1 aromatic heterocycles. The molecule has 2 amide bonds. The SMILES string of the molecule is NC(=O)C1CCN(CC(=O)Nc2oc3ccc(Cl)cc3c(=O)c2-c2ccc(Cl)cc2)CC1. The molecule has 0 radical (unpaired) electrons. The van der Waals surface area contributed by atoms with E-state index in [2.05, 4.69) is 5.32 Å². The lowest BCUT2D eigenvalue weighted by molar-refractivity contribution is -0.123. The molecule has 1 aliphatic heterocycles. The third-order valence-electron chi connectivity index (χ3n) is 5.60. The van der Waals surface area contributed by atoms with Gasteiger partial charge in [-0.1, -0.05) is 35.3 Å².